The zero-order chi connectivity index (χ0) is 14.6. The topological polar surface area (TPSA) is 102 Å². The van der Waals surface area contributed by atoms with Gasteiger partial charge in [-0.15, -0.1) is 0 Å². The molecule has 0 saturated heterocycles. The summed E-state index contributed by atoms with van der Waals surface area (Å²) in [6, 6.07) is 1.21. The summed E-state index contributed by atoms with van der Waals surface area (Å²) in [6.07, 6.45) is -0.495. The highest BCUT2D eigenvalue weighted by molar-refractivity contribution is 5.93. The van der Waals surface area contributed by atoms with Gasteiger partial charge in [-0.2, -0.15) is 0 Å². The molecule has 19 heavy (non-hydrogen) atoms. The maximum Gasteiger partial charge on any atom is 0.336 e. The van der Waals surface area contributed by atoms with E-state index in [1.807, 2.05) is 0 Å². The number of ether oxygens (including phenoxy) is 3. The molecule has 7 nitrogen and oxygen atoms in total. The van der Waals surface area contributed by atoms with E-state index in [4.69, 9.17) is 24.4 Å². The van der Waals surface area contributed by atoms with Crippen LogP contribution in [0.25, 0.3) is 0 Å². The molecule has 0 aromatic heterocycles. The average Bonchev–Trinajstić information content (AvgIpc) is 2.36. The molecular weight excluding hydrogens is 256 g/mol. The maximum atomic E-state index is 11.2. The van der Waals surface area contributed by atoms with Crippen molar-refractivity contribution in [3.8, 4) is 17.2 Å². The Balaban J connectivity index is 3.63. The van der Waals surface area contributed by atoms with E-state index in [1.54, 1.807) is 0 Å². The van der Waals surface area contributed by atoms with E-state index in [-0.39, 0.29) is 28.4 Å². The van der Waals surface area contributed by atoms with Gasteiger partial charge in [-0.05, 0) is 6.07 Å². The Morgan fingerprint density at radius 3 is 2.00 bits per heavy atom. The summed E-state index contributed by atoms with van der Waals surface area (Å²) < 4.78 is 15.2. The van der Waals surface area contributed by atoms with E-state index >= 15 is 0 Å². The maximum absolute atomic E-state index is 11.2. The normalized spacial score (nSPS) is 9.84. The molecule has 0 unspecified atom stereocenters. The van der Waals surface area contributed by atoms with Crippen LogP contribution in [0.15, 0.2) is 6.07 Å². The highest BCUT2D eigenvalue weighted by Crippen LogP contribution is 2.42. The standard InChI is InChI=1S/C12H14O7/c1-17-8-4-7(12(15)16)6(5-9(13)14)10(18-2)11(8)19-3/h4H,5H2,1-3H3,(H,13,14)(H,15,16). The summed E-state index contributed by atoms with van der Waals surface area (Å²) in [5.41, 5.74) is -0.169. The molecule has 0 bridgehead atoms. The van der Waals surface area contributed by atoms with Crippen LogP contribution in [0, 0.1) is 0 Å². The number of hydrogen-bond donors (Lipinski definition) is 2. The molecule has 0 atom stereocenters. The Bertz CT molecular complexity index is 507. The number of aromatic carboxylic acids is 1. The van der Waals surface area contributed by atoms with Crippen molar-refractivity contribution in [3.05, 3.63) is 17.2 Å². The fourth-order valence-electron chi connectivity index (χ4n) is 1.73. The Hall–Kier alpha value is -2.44. The fourth-order valence-corrected chi connectivity index (χ4v) is 1.73. The second-order valence-electron chi connectivity index (χ2n) is 3.55. The van der Waals surface area contributed by atoms with Gasteiger partial charge >= 0.3 is 11.9 Å². The number of rotatable bonds is 6. The lowest BCUT2D eigenvalue weighted by Gasteiger charge is -2.17. The van der Waals surface area contributed by atoms with Gasteiger partial charge in [-0.3, -0.25) is 4.79 Å². The molecule has 1 aromatic rings. The SMILES string of the molecule is COc1cc(C(=O)O)c(CC(=O)O)c(OC)c1OC. The van der Waals surface area contributed by atoms with Crippen molar-refractivity contribution in [2.75, 3.05) is 21.3 Å². The molecule has 1 rings (SSSR count). The lowest BCUT2D eigenvalue weighted by atomic mass is 10.0. The molecule has 0 spiro atoms. The summed E-state index contributed by atoms with van der Waals surface area (Å²) in [4.78, 5) is 22.0. The minimum atomic E-state index is -1.27. The molecule has 0 heterocycles. The van der Waals surface area contributed by atoms with Gasteiger partial charge < -0.3 is 24.4 Å². The Morgan fingerprint density at radius 1 is 1.05 bits per heavy atom. The molecule has 0 aliphatic carbocycles. The number of hydrogen-bond acceptors (Lipinski definition) is 5. The molecule has 0 aliphatic rings. The largest absolute Gasteiger partial charge is 0.493 e. The summed E-state index contributed by atoms with van der Waals surface area (Å²) in [6.45, 7) is 0. The first-order chi connectivity index (χ1) is 8.96. The smallest absolute Gasteiger partial charge is 0.336 e. The van der Waals surface area contributed by atoms with Gasteiger partial charge in [0.1, 0.15) is 0 Å². The average molecular weight is 270 g/mol. The third kappa shape index (κ3) is 2.87. The van der Waals surface area contributed by atoms with Crippen LogP contribution >= 0.6 is 0 Å². The Labute approximate surface area is 109 Å². The third-order valence-electron chi connectivity index (χ3n) is 2.49. The number of aliphatic carboxylic acids is 1. The second-order valence-corrected chi connectivity index (χ2v) is 3.55. The summed E-state index contributed by atoms with van der Waals surface area (Å²) in [5, 5.41) is 18.0. The van der Waals surface area contributed by atoms with E-state index in [1.165, 1.54) is 27.4 Å². The van der Waals surface area contributed by atoms with Gasteiger partial charge in [-0.1, -0.05) is 0 Å². The molecule has 0 aliphatic heterocycles. The zero-order valence-corrected chi connectivity index (χ0v) is 10.7. The minimum absolute atomic E-state index is 0.0279. The molecule has 0 saturated carbocycles. The van der Waals surface area contributed by atoms with Crippen molar-refractivity contribution >= 4 is 11.9 Å². The number of carbonyl (C=O) groups is 2. The monoisotopic (exact) mass is 270 g/mol. The molecule has 7 heteroatoms. The second kappa shape index (κ2) is 5.94. The number of benzene rings is 1. The molecular formula is C12H14O7. The van der Waals surface area contributed by atoms with E-state index in [9.17, 15) is 9.59 Å². The predicted molar refractivity (Wildman–Crippen MR) is 64.4 cm³/mol. The van der Waals surface area contributed by atoms with Crippen LogP contribution in [-0.4, -0.2) is 43.5 Å². The van der Waals surface area contributed by atoms with Gasteiger partial charge in [0.2, 0.25) is 5.75 Å². The van der Waals surface area contributed by atoms with Crippen LogP contribution in [0.2, 0.25) is 0 Å². The van der Waals surface area contributed by atoms with Crippen molar-refractivity contribution in [1.29, 1.82) is 0 Å². The lowest BCUT2D eigenvalue weighted by molar-refractivity contribution is -0.136. The molecule has 0 radical (unpaired) electrons. The minimum Gasteiger partial charge on any atom is -0.493 e. The van der Waals surface area contributed by atoms with Crippen molar-refractivity contribution in [2.45, 2.75) is 6.42 Å². The molecule has 0 amide bonds. The highest BCUT2D eigenvalue weighted by Gasteiger charge is 2.25. The molecule has 0 fully saturated rings. The van der Waals surface area contributed by atoms with Crippen LogP contribution in [0.3, 0.4) is 0 Å². The van der Waals surface area contributed by atoms with Gasteiger partial charge in [-0.25, -0.2) is 4.79 Å². The van der Waals surface area contributed by atoms with Crippen LogP contribution in [0.4, 0.5) is 0 Å². The van der Waals surface area contributed by atoms with Crippen molar-refractivity contribution in [3.63, 3.8) is 0 Å². The van der Waals surface area contributed by atoms with E-state index < -0.39 is 18.4 Å². The summed E-state index contributed by atoms with van der Waals surface area (Å²) in [7, 11) is 4.00. The van der Waals surface area contributed by atoms with Crippen molar-refractivity contribution in [2.24, 2.45) is 0 Å². The van der Waals surface area contributed by atoms with E-state index in [0.717, 1.165) is 0 Å². The van der Waals surface area contributed by atoms with Crippen LogP contribution < -0.4 is 14.2 Å². The third-order valence-corrected chi connectivity index (χ3v) is 2.49. The molecule has 104 valence electrons. The first-order valence-corrected chi connectivity index (χ1v) is 5.23. The Morgan fingerprint density at radius 2 is 1.63 bits per heavy atom. The van der Waals surface area contributed by atoms with Crippen molar-refractivity contribution in [1.82, 2.24) is 0 Å². The zero-order valence-electron chi connectivity index (χ0n) is 10.7. The quantitative estimate of drug-likeness (QED) is 0.796. The van der Waals surface area contributed by atoms with Crippen LogP contribution in [0.5, 0.6) is 17.2 Å². The number of carboxylic acid groups (broad SMARTS) is 2. The lowest BCUT2D eigenvalue weighted by Crippen LogP contribution is -2.11. The highest BCUT2D eigenvalue weighted by atomic mass is 16.5. The van der Waals surface area contributed by atoms with Crippen molar-refractivity contribution < 1.29 is 34.0 Å². The fraction of sp³-hybridized carbons (Fsp3) is 0.333. The van der Waals surface area contributed by atoms with Gasteiger partial charge in [0.15, 0.2) is 11.5 Å². The van der Waals surface area contributed by atoms with Gasteiger partial charge in [0.05, 0.1) is 33.3 Å². The Kier molecular flexibility index (Phi) is 4.57. The van der Waals surface area contributed by atoms with Crippen LogP contribution in [-0.2, 0) is 11.2 Å². The van der Waals surface area contributed by atoms with E-state index in [2.05, 4.69) is 0 Å². The molecule has 1 aromatic carbocycles. The summed E-state index contributed by atoms with van der Waals surface area (Å²) >= 11 is 0. The van der Waals surface area contributed by atoms with Gasteiger partial charge in [0.25, 0.3) is 0 Å². The number of methoxy groups -OCH3 is 3. The van der Waals surface area contributed by atoms with E-state index in [0.29, 0.717) is 0 Å². The molecule has 2 N–H and O–H groups in total. The summed E-state index contributed by atoms with van der Waals surface area (Å²) in [5.74, 6) is -2.08. The van der Waals surface area contributed by atoms with Gasteiger partial charge in [0, 0.05) is 5.56 Å². The van der Waals surface area contributed by atoms with Crippen LogP contribution in [0.1, 0.15) is 15.9 Å². The number of carboxylic acids is 2. The first kappa shape index (κ1) is 14.6. The first-order valence-electron chi connectivity index (χ1n) is 5.23. The predicted octanol–water partition coefficient (Wildman–Crippen LogP) is 1.04.